The van der Waals surface area contributed by atoms with E-state index < -0.39 is 0 Å². The SMILES string of the molecule is CNCNC(=O)C(C)(C)CCN. The molecular weight excluding hydrogens is 154 g/mol. The van der Waals surface area contributed by atoms with E-state index in [1.54, 1.807) is 7.05 Å². The lowest BCUT2D eigenvalue weighted by molar-refractivity contribution is -0.129. The maximum Gasteiger partial charge on any atom is 0.226 e. The Bertz CT molecular complexity index is 145. The Labute approximate surface area is 73.9 Å². The van der Waals surface area contributed by atoms with Crippen LogP contribution < -0.4 is 16.4 Å². The Morgan fingerprint density at radius 3 is 2.50 bits per heavy atom. The molecule has 4 nitrogen and oxygen atoms in total. The molecule has 4 N–H and O–H groups in total. The van der Waals surface area contributed by atoms with Crippen LogP contribution in [0.3, 0.4) is 0 Å². The number of hydrogen-bond donors (Lipinski definition) is 3. The third-order valence-corrected chi connectivity index (χ3v) is 1.81. The highest BCUT2D eigenvalue weighted by Crippen LogP contribution is 2.18. The van der Waals surface area contributed by atoms with Crippen LogP contribution in [0.5, 0.6) is 0 Å². The first-order chi connectivity index (χ1) is 5.54. The maximum atomic E-state index is 11.4. The standard InChI is InChI=1S/C8H19N3O/c1-8(2,4-5-9)7(12)11-6-10-3/h10H,4-6,9H2,1-3H3,(H,11,12). The predicted molar refractivity (Wildman–Crippen MR) is 49.5 cm³/mol. The fraction of sp³-hybridized carbons (Fsp3) is 0.875. The summed E-state index contributed by atoms with van der Waals surface area (Å²) in [5.74, 6) is 0.0438. The Hall–Kier alpha value is -0.610. The quantitative estimate of drug-likeness (QED) is 0.498. The van der Waals surface area contributed by atoms with Crippen LogP contribution in [0.25, 0.3) is 0 Å². The molecule has 0 aromatic carbocycles. The van der Waals surface area contributed by atoms with Crippen molar-refractivity contribution in [3.8, 4) is 0 Å². The van der Waals surface area contributed by atoms with E-state index in [0.717, 1.165) is 0 Å². The van der Waals surface area contributed by atoms with Crippen LogP contribution in [0.2, 0.25) is 0 Å². The zero-order chi connectivity index (χ0) is 9.61. The van der Waals surface area contributed by atoms with E-state index in [-0.39, 0.29) is 11.3 Å². The van der Waals surface area contributed by atoms with Crippen LogP contribution in [0.1, 0.15) is 20.3 Å². The highest BCUT2D eigenvalue weighted by atomic mass is 16.2. The summed E-state index contributed by atoms with van der Waals surface area (Å²) in [5.41, 5.74) is 5.03. The molecule has 12 heavy (non-hydrogen) atoms. The molecule has 0 aliphatic carbocycles. The lowest BCUT2D eigenvalue weighted by Crippen LogP contribution is -2.41. The molecule has 0 aliphatic rings. The van der Waals surface area contributed by atoms with Crippen molar-refractivity contribution in [2.75, 3.05) is 20.3 Å². The molecule has 0 aliphatic heterocycles. The molecule has 0 saturated carbocycles. The highest BCUT2D eigenvalue weighted by Gasteiger charge is 2.25. The van der Waals surface area contributed by atoms with Gasteiger partial charge in [0.25, 0.3) is 0 Å². The number of hydrogen-bond acceptors (Lipinski definition) is 3. The van der Waals surface area contributed by atoms with Gasteiger partial charge in [-0.05, 0) is 20.0 Å². The number of nitrogens with two attached hydrogens (primary N) is 1. The first-order valence-electron chi connectivity index (χ1n) is 4.17. The first-order valence-corrected chi connectivity index (χ1v) is 4.17. The molecule has 0 saturated heterocycles. The Kier molecular flexibility index (Phi) is 4.85. The summed E-state index contributed by atoms with van der Waals surface area (Å²) >= 11 is 0. The summed E-state index contributed by atoms with van der Waals surface area (Å²) in [6, 6.07) is 0. The summed E-state index contributed by atoms with van der Waals surface area (Å²) in [7, 11) is 1.79. The Morgan fingerprint density at radius 1 is 1.50 bits per heavy atom. The average molecular weight is 173 g/mol. The van der Waals surface area contributed by atoms with Crippen LogP contribution in [0.4, 0.5) is 0 Å². The second-order valence-electron chi connectivity index (χ2n) is 3.46. The van der Waals surface area contributed by atoms with Gasteiger partial charge in [-0.25, -0.2) is 0 Å². The van der Waals surface area contributed by atoms with E-state index >= 15 is 0 Å². The van der Waals surface area contributed by atoms with E-state index in [9.17, 15) is 4.79 Å². The fourth-order valence-corrected chi connectivity index (χ4v) is 0.882. The molecule has 0 spiro atoms. The third kappa shape index (κ3) is 3.69. The van der Waals surface area contributed by atoms with Gasteiger partial charge in [-0.1, -0.05) is 13.8 Å². The van der Waals surface area contributed by atoms with Crippen molar-refractivity contribution >= 4 is 5.91 Å². The first kappa shape index (κ1) is 11.4. The van der Waals surface area contributed by atoms with Crippen molar-refractivity contribution in [3.05, 3.63) is 0 Å². The highest BCUT2D eigenvalue weighted by molar-refractivity contribution is 5.81. The number of rotatable bonds is 5. The lowest BCUT2D eigenvalue weighted by atomic mass is 9.88. The number of carbonyl (C=O) groups excluding carboxylic acids is 1. The molecule has 1 amide bonds. The molecule has 0 atom stereocenters. The van der Waals surface area contributed by atoms with Crippen LogP contribution in [-0.2, 0) is 4.79 Å². The van der Waals surface area contributed by atoms with E-state index in [1.165, 1.54) is 0 Å². The molecule has 0 radical (unpaired) electrons. The van der Waals surface area contributed by atoms with Gasteiger partial charge in [0.1, 0.15) is 0 Å². The van der Waals surface area contributed by atoms with Gasteiger partial charge in [0.2, 0.25) is 5.91 Å². The zero-order valence-electron chi connectivity index (χ0n) is 8.11. The number of nitrogens with one attached hydrogen (secondary N) is 2. The van der Waals surface area contributed by atoms with E-state index in [0.29, 0.717) is 19.6 Å². The Morgan fingerprint density at radius 2 is 2.08 bits per heavy atom. The van der Waals surface area contributed by atoms with Crippen molar-refractivity contribution in [2.24, 2.45) is 11.1 Å². The molecule has 0 heterocycles. The van der Waals surface area contributed by atoms with E-state index in [2.05, 4.69) is 10.6 Å². The molecule has 0 aromatic rings. The van der Waals surface area contributed by atoms with Gasteiger partial charge in [-0.3, -0.25) is 4.79 Å². The molecule has 0 aromatic heterocycles. The smallest absolute Gasteiger partial charge is 0.226 e. The normalized spacial score (nSPS) is 11.3. The van der Waals surface area contributed by atoms with Crippen molar-refractivity contribution < 1.29 is 4.79 Å². The predicted octanol–water partition coefficient (Wildman–Crippen LogP) is -0.345. The van der Waals surface area contributed by atoms with Crippen molar-refractivity contribution in [1.82, 2.24) is 10.6 Å². The minimum atomic E-state index is -0.356. The summed E-state index contributed by atoms with van der Waals surface area (Å²) in [4.78, 5) is 11.4. The summed E-state index contributed by atoms with van der Waals surface area (Å²) < 4.78 is 0. The topological polar surface area (TPSA) is 67.1 Å². The molecule has 0 rings (SSSR count). The Balaban J connectivity index is 3.88. The largest absolute Gasteiger partial charge is 0.343 e. The van der Waals surface area contributed by atoms with Crippen LogP contribution in [0.15, 0.2) is 0 Å². The van der Waals surface area contributed by atoms with E-state index in [1.807, 2.05) is 13.8 Å². The van der Waals surface area contributed by atoms with Crippen LogP contribution in [0, 0.1) is 5.41 Å². The van der Waals surface area contributed by atoms with Gasteiger partial charge in [0.15, 0.2) is 0 Å². The van der Waals surface area contributed by atoms with Gasteiger partial charge < -0.3 is 16.4 Å². The summed E-state index contributed by atoms with van der Waals surface area (Å²) in [6.45, 7) is 4.84. The zero-order valence-corrected chi connectivity index (χ0v) is 8.11. The van der Waals surface area contributed by atoms with Crippen LogP contribution in [-0.4, -0.2) is 26.2 Å². The minimum Gasteiger partial charge on any atom is -0.343 e. The molecule has 0 fully saturated rings. The third-order valence-electron chi connectivity index (χ3n) is 1.81. The molecule has 72 valence electrons. The van der Waals surface area contributed by atoms with Gasteiger partial charge >= 0.3 is 0 Å². The second-order valence-corrected chi connectivity index (χ2v) is 3.46. The fourth-order valence-electron chi connectivity index (χ4n) is 0.882. The van der Waals surface area contributed by atoms with Crippen LogP contribution >= 0.6 is 0 Å². The second kappa shape index (κ2) is 5.11. The van der Waals surface area contributed by atoms with Gasteiger partial charge in [-0.15, -0.1) is 0 Å². The monoisotopic (exact) mass is 173 g/mol. The van der Waals surface area contributed by atoms with E-state index in [4.69, 9.17) is 5.73 Å². The maximum absolute atomic E-state index is 11.4. The van der Waals surface area contributed by atoms with Gasteiger partial charge in [-0.2, -0.15) is 0 Å². The van der Waals surface area contributed by atoms with Crippen molar-refractivity contribution in [3.63, 3.8) is 0 Å². The summed E-state index contributed by atoms with van der Waals surface area (Å²) in [5, 5.41) is 5.60. The molecule has 0 bridgehead atoms. The minimum absolute atomic E-state index is 0.0438. The lowest BCUT2D eigenvalue weighted by Gasteiger charge is -2.22. The van der Waals surface area contributed by atoms with Crippen molar-refractivity contribution in [1.29, 1.82) is 0 Å². The molecule has 0 unspecified atom stereocenters. The number of carbonyl (C=O) groups is 1. The summed E-state index contributed by atoms with van der Waals surface area (Å²) in [6.07, 6.45) is 0.711. The average Bonchev–Trinajstić information content (AvgIpc) is 2.00. The van der Waals surface area contributed by atoms with Crippen molar-refractivity contribution in [2.45, 2.75) is 20.3 Å². The molecular formula is C8H19N3O. The number of amides is 1. The van der Waals surface area contributed by atoms with Gasteiger partial charge in [0, 0.05) is 5.41 Å². The van der Waals surface area contributed by atoms with Gasteiger partial charge in [0.05, 0.1) is 6.67 Å². The molecule has 4 heteroatoms.